The molecule has 3 aliphatic heterocycles. The van der Waals surface area contributed by atoms with Gasteiger partial charge in [-0.1, -0.05) is 12.1 Å². The van der Waals surface area contributed by atoms with Gasteiger partial charge >= 0.3 is 6.03 Å². The lowest BCUT2D eigenvalue weighted by atomic mass is 9.88. The lowest BCUT2D eigenvalue weighted by Crippen LogP contribution is -2.56. The number of Topliss-reactive ketones (excluding diaryl/α,β-unsaturated/α-hetero) is 2. The number of anilines is 1. The molecule has 0 aromatic heterocycles. The van der Waals surface area contributed by atoms with Gasteiger partial charge in [0.15, 0.2) is 11.6 Å². The van der Waals surface area contributed by atoms with Crippen LogP contribution in [0.1, 0.15) is 59.4 Å². The Morgan fingerprint density at radius 1 is 0.844 bits per heavy atom. The van der Waals surface area contributed by atoms with Crippen LogP contribution in [-0.2, 0) is 11.2 Å². The third-order valence-corrected chi connectivity index (χ3v) is 9.51. The summed E-state index contributed by atoms with van der Waals surface area (Å²) in [5, 5.41) is 6.15. The summed E-state index contributed by atoms with van der Waals surface area (Å²) in [6, 6.07) is 11.4. The molecule has 3 saturated heterocycles. The summed E-state index contributed by atoms with van der Waals surface area (Å²) < 4.78 is 19.0. The van der Waals surface area contributed by atoms with Gasteiger partial charge in [-0.15, -0.1) is 0 Å². The molecule has 2 aromatic rings. The number of halogens is 1. The van der Waals surface area contributed by atoms with E-state index >= 15 is 0 Å². The Balaban J connectivity index is 1.23. The molecule has 3 aliphatic rings. The Morgan fingerprint density at radius 2 is 1.53 bits per heavy atom. The summed E-state index contributed by atoms with van der Waals surface area (Å²) in [5.41, 5.74) is 2.40. The maximum atomic E-state index is 13.4. The fraction of sp³-hybridized carbons (Fsp3) is 0.571. The van der Waals surface area contributed by atoms with E-state index in [1.807, 2.05) is 12.1 Å². The number of benzene rings is 2. The normalized spacial score (nSPS) is 23.4. The molecule has 0 bridgehead atoms. The zero-order chi connectivity index (χ0) is 31.8. The number of carbonyl (C=O) groups excluding carboxylic acids is 3. The van der Waals surface area contributed by atoms with Crippen LogP contribution in [0.2, 0.25) is 0 Å². The van der Waals surface area contributed by atoms with Gasteiger partial charge in [0.25, 0.3) is 0 Å². The van der Waals surface area contributed by atoms with Crippen molar-refractivity contribution in [3.05, 3.63) is 65.0 Å². The minimum absolute atomic E-state index is 0.00891. The summed E-state index contributed by atoms with van der Waals surface area (Å²) in [6.07, 6.45) is 4.08. The summed E-state index contributed by atoms with van der Waals surface area (Å²) in [7, 11) is 0. The van der Waals surface area contributed by atoms with Crippen molar-refractivity contribution in [2.75, 3.05) is 77.4 Å². The highest BCUT2D eigenvalue weighted by Gasteiger charge is 2.33. The Kier molecular flexibility index (Phi) is 11.7. The number of ether oxygens (including phenoxy) is 1. The number of nitrogens with zero attached hydrogens (tertiary/aromatic N) is 3. The van der Waals surface area contributed by atoms with Crippen molar-refractivity contribution in [1.82, 2.24) is 20.0 Å². The SMILES string of the molecule is CC(=O)c1cc(NC(=O)N[C@@H]2CCN(CCN3CCOCC3)C[C@H]2CN2CCC[C@@H](Cc3ccc(F)cc3)C2)cc(C(C)=O)c1. The van der Waals surface area contributed by atoms with Gasteiger partial charge in [-0.05, 0) is 87.9 Å². The molecule has 10 heteroatoms. The molecule has 0 aliphatic carbocycles. The van der Waals surface area contributed by atoms with E-state index in [0.717, 1.165) is 97.8 Å². The van der Waals surface area contributed by atoms with E-state index < -0.39 is 0 Å². The van der Waals surface area contributed by atoms with E-state index in [9.17, 15) is 18.8 Å². The maximum absolute atomic E-state index is 13.4. The zero-order valence-corrected chi connectivity index (χ0v) is 26.7. The molecule has 0 spiro atoms. The molecule has 0 unspecified atom stereocenters. The minimum Gasteiger partial charge on any atom is -0.379 e. The van der Waals surface area contributed by atoms with Crippen LogP contribution in [-0.4, -0.2) is 110 Å². The molecular formula is C35H48FN5O4. The van der Waals surface area contributed by atoms with Crippen LogP contribution in [0.4, 0.5) is 14.9 Å². The van der Waals surface area contributed by atoms with Crippen LogP contribution < -0.4 is 10.6 Å². The van der Waals surface area contributed by atoms with Gasteiger partial charge in [0.2, 0.25) is 0 Å². The number of hydrogen-bond donors (Lipinski definition) is 2. The van der Waals surface area contributed by atoms with Gasteiger partial charge in [0, 0.05) is 81.1 Å². The molecule has 0 saturated carbocycles. The average molecular weight is 622 g/mol. The molecule has 3 atom stereocenters. The van der Waals surface area contributed by atoms with Gasteiger partial charge in [-0.2, -0.15) is 0 Å². The second-order valence-corrected chi connectivity index (χ2v) is 13.0. The first-order valence-corrected chi connectivity index (χ1v) is 16.5. The standard InChI is InChI=1S/C35H48FN5O4/c1-25(42)29-19-30(26(2)43)21-33(20-29)37-35(44)38-34-9-11-40(13-12-39-14-16-45-17-15-39)23-31(34)24-41-10-3-4-28(22-41)18-27-5-7-32(36)8-6-27/h5-8,19-21,28,31,34H,3-4,9-18,22-24H2,1-2H3,(H2,37,38,44)/t28-,31-,34+/m0/s1. The highest BCUT2D eigenvalue weighted by Crippen LogP contribution is 2.25. The van der Waals surface area contributed by atoms with Crippen LogP contribution in [0.3, 0.4) is 0 Å². The van der Waals surface area contributed by atoms with Crippen molar-refractivity contribution < 1.29 is 23.5 Å². The van der Waals surface area contributed by atoms with Crippen molar-refractivity contribution in [1.29, 1.82) is 0 Å². The quantitative estimate of drug-likeness (QED) is 0.361. The first-order chi connectivity index (χ1) is 21.7. The van der Waals surface area contributed by atoms with Gasteiger partial charge in [0.05, 0.1) is 13.2 Å². The van der Waals surface area contributed by atoms with E-state index in [1.165, 1.54) is 19.4 Å². The molecule has 5 rings (SSSR count). The van der Waals surface area contributed by atoms with E-state index in [2.05, 4.69) is 25.3 Å². The van der Waals surface area contributed by atoms with E-state index in [-0.39, 0.29) is 35.4 Å². The maximum Gasteiger partial charge on any atom is 0.319 e. The highest BCUT2D eigenvalue weighted by atomic mass is 19.1. The topological polar surface area (TPSA) is 94.2 Å². The predicted octanol–water partition coefficient (Wildman–Crippen LogP) is 4.33. The largest absolute Gasteiger partial charge is 0.379 e. The zero-order valence-electron chi connectivity index (χ0n) is 26.7. The molecule has 0 radical (unpaired) electrons. The van der Waals surface area contributed by atoms with Crippen LogP contribution >= 0.6 is 0 Å². The molecule has 244 valence electrons. The summed E-state index contributed by atoms with van der Waals surface area (Å²) in [5.74, 6) is 0.239. The number of piperidine rings is 2. The third kappa shape index (κ3) is 9.90. The summed E-state index contributed by atoms with van der Waals surface area (Å²) in [4.78, 5) is 45.0. The number of nitrogens with one attached hydrogen (secondary N) is 2. The Labute approximate surface area is 266 Å². The number of rotatable bonds is 11. The number of ketones is 2. The van der Waals surface area contributed by atoms with Gasteiger partial charge in [0.1, 0.15) is 5.82 Å². The van der Waals surface area contributed by atoms with Crippen molar-refractivity contribution >= 4 is 23.3 Å². The smallest absolute Gasteiger partial charge is 0.319 e. The van der Waals surface area contributed by atoms with Crippen molar-refractivity contribution in [3.63, 3.8) is 0 Å². The lowest BCUT2D eigenvalue weighted by molar-refractivity contribution is 0.0274. The van der Waals surface area contributed by atoms with Gasteiger partial charge in [-0.25, -0.2) is 9.18 Å². The molecule has 3 fully saturated rings. The summed E-state index contributed by atoms with van der Waals surface area (Å²) >= 11 is 0. The fourth-order valence-electron chi connectivity index (χ4n) is 7.00. The molecule has 2 aromatic carbocycles. The number of carbonyl (C=O) groups is 3. The second kappa shape index (κ2) is 15.9. The highest BCUT2D eigenvalue weighted by molar-refractivity contribution is 6.02. The molecule has 45 heavy (non-hydrogen) atoms. The first kappa shape index (κ1) is 33.2. The number of likely N-dealkylation sites (tertiary alicyclic amines) is 2. The number of morpholine rings is 1. The molecular weight excluding hydrogens is 573 g/mol. The molecule has 9 nitrogen and oxygen atoms in total. The van der Waals surface area contributed by atoms with E-state index in [1.54, 1.807) is 30.3 Å². The van der Waals surface area contributed by atoms with Crippen molar-refractivity contribution in [2.45, 2.75) is 45.6 Å². The molecule has 2 amide bonds. The Hall–Kier alpha value is -3.18. The minimum atomic E-state index is -0.324. The molecule has 3 heterocycles. The molecule has 2 N–H and O–H groups in total. The number of urea groups is 1. The third-order valence-electron chi connectivity index (χ3n) is 9.51. The van der Waals surface area contributed by atoms with Crippen molar-refractivity contribution in [3.8, 4) is 0 Å². The van der Waals surface area contributed by atoms with Crippen molar-refractivity contribution in [2.24, 2.45) is 11.8 Å². The Bertz CT molecular complexity index is 1280. The number of hydrogen-bond acceptors (Lipinski definition) is 7. The fourth-order valence-corrected chi connectivity index (χ4v) is 7.00. The van der Waals surface area contributed by atoms with Crippen LogP contribution in [0.5, 0.6) is 0 Å². The van der Waals surface area contributed by atoms with Gasteiger partial charge in [-0.3, -0.25) is 14.5 Å². The lowest BCUT2D eigenvalue weighted by Gasteiger charge is -2.43. The van der Waals surface area contributed by atoms with Crippen LogP contribution in [0, 0.1) is 17.7 Å². The summed E-state index contributed by atoms with van der Waals surface area (Å²) in [6.45, 7) is 13.2. The second-order valence-electron chi connectivity index (χ2n) is 13.0. The first-order valence-electron chi connectivity index (χ1n) is 16.5. The van der Waals surface area contributed by atoms with Crippen LogP contribution in [0.25, 0.3) is 0 Å². The van der Waals surface area contributed by atoms with Gasteiger partial charge < -0.3 is 25.2 Å². The van der Waals surface area contributed by atoms with Crippen LogP contribution in [0.15, 0.2) is 42.5 Å². The average Bonchev–Trinajstić information content (AvgIpc) is 3.02. The van der Waals surface area contributed by atoms with E-state index in [4.69, 9.17) is 4.74 Å². The number of amides is 2. The predicted molar refractivity (Wildman–Crippen MR) is 173 cm³/mol. The van der Waals surface area contributed by atoms with E-state index in [0.29, 0.717) is 22.7 Å². The monoisotopic (exact) mass is 621 g/mol. The Morgan fingerprint density at radius 3 is 2.22 bits per heavy atom.